The number of likely N-dealkylation sites (tertiary alicyclic amines) is 1. The first-order valence-corrected chi connectivity index (χ1v) is 9.29. The van der Waals surface area contributed by atoms with Crippen molar-refractivity contribution in [1.82, 2.24) is 24.6 Å². The lowest BCUT2D eigenvalue weighted by molar-refractivity contribution is 0.0701. The molecule has 1 fully saturated rings. The molecule has 4 rings (SSSR count). The van der Waals surface area contributed by atoms with E-state index in [1.807, 2.05) is 7.05 Å². The maximum Gasteiger partial charge on any atom is 0.258 e. The van der Waals surface area contributed by atoms with Crippen LogP contribution in [-0.2, 0) is 13.1 Å². The summed E-state index contributed by atoms with van der Waals surface area (Å²) in [5, 5.41) is 19.1. The van der Waals surface area contributed by atoms with Crippen molar-refractivity contribution in [3.63, 3.8) is 0 Å². The number of methoxy groups -OCH3 is 1. The molecule has 1 amide bonds. The van der Waals surface area contributed by atoms with Gasteiger partial charge in [-0.05, 0) is 31.7 Å². The number of benzene rings is 1. The fourth-order valence-corrected chi connectivity index (χ4v) is 4.06. The summed E-state index contributed by atoms with van der Waals surface area (Å²) in [5.41, 5.74) is 0.442. The molecule has 1 aromatic heterocycles. The standard InChI is InChI=1S/C18H22ClN5O3/c1-22-9-12(25)8-14(22)17-21-20-16-10-23(5-6-24(16)17)18(26)13-7-11(19)3-4-15(13)27-2/h3-4,7,12,14,25H,5-6,8-10H2,1-2H3/t12-,14+/m1/s1. The van der Waals surface area contributed by atoms with E-state index in [9.17, 15) is 9.90 Å². The van der Waals surface area contributed by atoms with Crippen LogP contribution in [0.5, 0.6) is 5.75 Å². The van der Waals surface area contributed by atoms with Gasteiger partial charge in [0.2, 0.25) is 0 Å². The Morgan fingerprint density at radius 3 is 2.85 bits per heavy atom. The van der Waals surface area contributed by atoms with Crippen molar-refractivity contribution in [2.75, 3.05) is 27.2 Å². The number of hydrogen-bond donors (Lipinski definition) is 1. The van der Waals surface area contributed by atoms with Crippen LogP contribution in [-0.4, -0.2) is 68.9 Å². The Morgan fingerprint density at radius 1 is 1.33 bits per heavy atom. The van der Waals surface area contributed by atoms with Gasteiger partial charge in [0, 0.05) is 24.7 Å². The molecule has 0 saturated carbocycles. The number of carbonyl (C=O) groups excluding carboxylic acids is 1. The highest BCUT2D eigenvalue weighted by molar-refractivity contribution is 6.31. The van der Waals surface area contributed by atoms with E-state index in [2.05, 4.69) is 19.7 Å². The first kappa shape index (κ1) is 18.2. The van der Waals surface area contributed by atoms with Gasteiger partial charge in [-0.15, -0.1) is 10.2 Å². The molecule has 0 bridgehead atoms. The summed E-state index contributed by atoms with van der Waals surface area (Å²) in [7, 11) is 3.51. The zero-order valence-corrected chi connectivity index (χ0v) is 16.1. The molecule has 0 aliphatic carbocycles. The van der Waals surface area contributed by atoms with Gasteiger partial charge in [-0.3, -0.25) is 9.69 Å². The first-order valence-electron chi connectivity index (χ1n) is 8.91. The summed E-state index contributed by atoms with van der Waals surface area (Å²) in [6.07, 6.45) is 0.307. The maximum atomic E-state index is 13.0. The van der Waals surface area contributed by atoms with Crippen molar-refractivity contribution in [2.45, 2.75) is 31.7 Å². The molecule has 1 saturated heterocycles. The third kappa shape index (κ3) is 3.28. The second-order valence-electron chi connectivity index (χ2n) is 7.04. The van der Waals surface area contributed by atoms with Gasteiger partial charge >= 0.3 is 0 Å². The number of likely N-dealkylation sites (N-methyl/N-ethyl adjacent to an activating group) is 1. The summed E-state index contributed by atoms with van der Waals surface area (Å²) < 4.78 is 7.37. The van der Waals surface area contributed by atoms with Crippen molar-refractivity contribution < 1.29 is 14.6 Å². The van der Waals surface area contributed by atoms with Crippen LogP contribution in [0.3, 0.4) is 0 Å². The van der Waals surface area contributed by atoms with Gasteiger partial charge in [-0.1, -0.05) is 11.6 Å². The molecular formula is C18H22ClN5O3. The lowest BCUT2D eigenvalue weighted by Gasteiger charge is -2.29. The fraction of sp³-hybridized carbons (Fsp3) is 0.500. The smallest absolute Gasteiger partial charge is 0.258 e. The summed E-state index contributed by atoms with van der Waals surface area (Å²) in [5.74, 6) is 1.97. The highest BCUT2D eigenvalue weighted by atomic mass is 35.5. The number of carbonyl (C=O) groups is 1. The highest BCUT2D eigenvalue weighted by Crippen LogP contribution is 2.31. The third-order valence-electron chi connectivity index (χ3n) is 5.29. The Labute approximate surface area is 162 Å². The number of β-amino-alcohol motifs (C(OH)–C–C–N with tert-alkyl or cyclic N) is 1. The van der Waals surface area contributed by atoms with Crippen LogP contribution in [0.4, 0.5) is 0 Å². The second-order valence-corrected chi connectivity index (χ2v) is 7.48. The lowest BCUT2D eigenvalue weighted by Crippen LogP contribution is -2.39. The number of hydrogen-bond acceptors (Lipinski definition) is 6. The molecule has 3 heterocycles. The Hall–Kier alpha value is -2.16. The molecule has 1 aromatic carbocycles. The van der Waals surface area contributed by atoms with Gasteiger partial charge in [0.15, 0.2) is 11.6 Å². The van der Waals surface area contributed by atoms with Gasteiger partial charge in [0.1, 0.15) is 5.75 Å². The number of rotatable bonds is 3. The van der Waals surface area contributed by atoms with E-state index in [4.69, 9.17) is 16.3 Å². The van der Waals surface area contributed by atoms with Crippen molar-refractivity contribution >= 4 is 17.5 Å². The number of fused-ring (bicyclic) bond motifs is 1. The van der Waals surface area contributed by atoms with Crippen LogP contribution >= 0.6 is 11.6 Å². The average Bonchev–Trinajstić information content (AvgIpc) is 3.22. The molecule has 27 heavy (non-hydrogen) atoms. The van der Waals surface area contributed by atoms with Crippen LogP contribution < -0.4 is 4.74 Å². The number of amides is 1. The Morgan fingerprint density at radius 2 is 2.15 bits per heavy atom. The number of halogens is 1. The van der Waals surface area contributed by atoms with E-state index in [0.717, 1.165) is 11.6 Å². The number of aromatic nitrogens is 3. The second kappa shape index (κ2) is 7.10. The minimum absolute atomic E-state index is 0.0523. The minimum atomic E-state index is -0.343. The maximum absolute atomic E-state index is 13.0. The molecule has 2 aliphatic heterocycles. The van der Waals surface area contributed by atoms with Crippen molar-refractivity contribution in [3.05, 3.63) is 40.4 Å². The Kier molecular flexibility index (Phi) is 4.79. The molecule has 0 spiro atoms. The Balaban J connectivity index is 1.56. The van der Waals surface area contributed by atoms with E-state index in [1.54, 1.807) is 23.1 Å². The molecule has 1 N–H and O–H groups in total. The van der Waals surface area contributed by atoms with Crippen molar-refractivity contribution in [1.29, 1.82) is 0 Å². The van der Waals surface area contributed by atoms with Gasteiger partial charge in [-0.25, -0.2) is 0 Å². The molecule has 8 nitrogen and oxygen atoms in total. The van der Waals surface area contributed by atoms with E-state index < -0.39 is 0 Å². The van der Waals surface area contributed by atoms with Gasteiger partial charge in [0.25, 0.3) is 5.91 Å². The van der Waals surface area contributed by atoms with E-state index in [0.29, 0.717) is 48.9 Å². The summed E-state index contributed by atoms with van der Waals surface area (Å²) in [6, 6.07) is 5.07. The molecule has 9 heteroatoms. The number of ether oxygens (including phenoxy) is 1. The largest absolute Gasteiger partial charge is 0.496 e. The predicted molar refractivity (Wildman–Crippen MR) is 98.8 cm³/mol. The number of aliphatic hydroxyl groups excluding tert-OH is 1. The first-order chi connectivity index (χ1) is 13.0. The third-order valence-corrected chi connectivity index (χ3v) is 5.52. The Bertz CT molecular complexity index is 871. The van der Waals surface area contributed by atoms with Crippen LogP contribution in [0.1, 0.15) is 34.5 Å². The summed E-state index contributed by atoms with van der Waals surface area (Å²) in [4.78, 5) is 16.8. The van der Waals surface area contributed by atoms with E-state index >= 15 is 0 Å². The van der Waals surface area contributed by atoms with Gasteiger partial charge < -0.3 is 19.3 Å². The highest BCUT2D eigenvalue weighted by Gasteiger charge is 2.35. The zero-order chi connectivity index (χ0) is 19.1. The van der Waals surface area contributed by atoms with Gasteiger partial charge in [0.05, 0.1) is 31.4 Å². The SMILES string of the molecule is COc1ccc(Cl)cc1C(=O)N1CCn2c(nnc2[C@@H]2C[C@@H](O)CN2C)C1. The lowest BCUT2D eigenvalue weighted by atomic mass is 10.1. The molecule has 2 aliphatic rings. The summed E-state index contributed by atoms with van der Waals surface area (Å²) >= 11 is 6.06. The van der Waals surface area contributed by atoms with Gasteiger partial charge in [-0.2, -0.15) is 0 Å². The van der Waals surface area contributed by atoms with Crippen molar-refractivity contribution in [2.24, 2.45) is 0 Å². The molecule has 2 atom stereocenters. The predicted octanol–water partition coefficient (Wildman–Crippen LogP) is 1.33. The van der Waals surface area contributed by atoms with Crippen LogP contribution in [0.15, 0.2) is 18.2 Å². The average molecular weight is 392 g/mol. The quantitative estimate of drug-likeness (QED) is 0.849. The van der Waals surface area contributed by atoms with Crippen LogP contribution in [0.25, 0.3) is 0 Å². The molecule has 0 unspecified atom stereocenters. The normalized spacial score (nSPS) is 22.7. The van der Waals surface area contributed by atoms with Crippen molar-refractivity contribution in [3.8, 4) is 5.75 Å². The van der Waals surface area contributed by atoms with Crippen LogP contribution in [0.2, 0.25) is 5.02 Å². The van der Waals surface area contributed by atoms with E-state index in [-0.39, 0.29) is 18.1 Å². The van der Waals surface area contributed by atoms with E-state index in [1.165, 1.54) is 7.11 Å². The summed E-state index contributed by atoms with van der Waals surface area (Å²) in [6.45, 7) is 2.17. The fourth-order valence-electron chi connectivity index (χ4n) is 3.89. The minimum Gasteiger partial charge on any atom is -0.496 e. The zero-order valence-electron chi connectivity index (χ0n) is 15.3. The van der Waals surface area contributed by atoms with Crippen LogP contribution in [0, 0.1) is 0 Å². The molecule has 2 aromatic rings. The molecular weight excluding hydrogens is 370 g/mol. The monoisotopic (exact) mass is 391 g/mol. The topological polar surface area (TPSA) is 83.7 Å². The molecule has 0 radical (unpaired) electrons. The number of nitrogens with zero attached hydrogens (tertiary/aromatic N) is 5. The number of aliphatic hydroxyl groups is 1. The molecule has 144 valence electrons.